The average Bonchev–Trinajstić information content (AvgIpc) is 2.82. The highest BCUT2D eigenvalue weighted by atomic mass is 32.1. The van der Waals surface area contributed by atoms with E-state index < -0.39 is 11.6 Å². The summed E-state index contributed by atoms with van der Waals surface area (Å²) in [6.45, 7) is 10.1. The van der Waals surface area contributed by atoms with Crippen molar-refractivity contribution >= 4 is 23.2 Å². The Morgan fingerprint density at radius 3 is 2.43 bits per heavy atom. The molecule has 0 spiro atoms. The number of piperazine rings is 1. The molecule has 1 fully saturated rings. The van der Waals surface area contributed by atoms with Gasteiger partial charge < -0.3 is 10.2 Å². The van der Waals surface area contributed by atoms with E-state index in [9.17, 15) is 9.59 Å². The first kappa shape index (κ1) is 16.0. The van der Waals surface area contributed by atoms with Crippen LogP contribution in [0.1, 0.15) is 44.4 Å². The average molecular weight is 308 g/mol. The number of aryl methyl sites for hydroxylation is 1. The van der Waals surface area contributed by atoms with Gasteiger partial charge in [-0.25, -0.2) is 0 Å². The highest BCUT2D eigenvalue weighted by Crippen LogP contribution is 2.27. The normalized spacial score (nSPS) is 21.8. The van der Waals surface area contributed by atoms with Crippen molar-refractivity contribution in [3.8, 4) is 0 Å². The third-order valence-electron chi connectivity index (χ3n) is 3.86. The smallest absolute Gasteiger partial charge is 0.248 e. The fourth-order valence-electron chi connectivity index (χ4n) is 2.76. The number of thiophene rings is 1. The van der Waals surface area contributed by atoms with Crippen molar-refractivity contribution in [3.05, 3.63) is 21.9 Å². The zero-order chi connectivity index (χ0) is 15.8. The summed E-state index contributed by atoms with van der Waals surface area (Å²) >= 11 is 1.72. The lowest BCUT2D eigenvalue weighted by molar-refractivity contribution is -0.156. The van der Waals surface area contributed by atoms with Gasteiger partial charge in [0.1, 0.15) is 11.6 Å². The predicted molar refractivity (Wildman–Crippen MR) is 85.1 cm³/mol. The fourth-order valence-corrected chi connectivity index (χ4v) is 3.72. The molecule has 1 aliphatic heterocycles. The van der Waals surface area contributed by atoms with Crippen LogP contribution in [0.25, 0.3) is 0 Å². The molecule has 0 radical (unpaired) electrons. The molecule has 1 unspecified atom stereocenters. The summed E-state index contributed by atoms with van der Waals surface area (Å²) < 4.78 is 0. The molecule has 1 N–H and O–H groups in total. The van der Waals surface area contributed by atoms with E-state index >= 15 is 0 Å². The van der Waals surface area contributed by atoms with Crippen LogP contribution in [-0.4, -0.2) is 28.3 Å². The number of hydrogen-bond donors (Lipinski definition) is 1. The number of hydrogen-bond acceptors (Lipinski definition) is 3. The summed E-state index contributed by atoms with van der Waals surface area (Å²) in [4.78, 5) is 29.2. The first-order valence-corrected chi connectivity index (χ1v) is 8.28. The zero-order valence-electron chi connectivity index (χ0n) is 13.4. The van der Waals surface area contributed by atoms with Gasteiger partial charge in [0.25, 0.3) is 0 Å². The molecule has 0 saturated carbocycles. The van der Waals surface area contributed by atoms with Crippen LogP contribution in [0.2, 0.25) is 0 Å². The Labute approximate surface area is 130 Å². The van der Waals surface area contributed by atoms with Gasteiger partial charge in [-0.15, -0.1) is 11.3 Å². The molecular formula is C16H24N2O2S. The van der Waals surface area contributed by atoms with Crippen molar-refractivity contribution in [1.82, 2.24) is 10.2 Å². The summed E-state index contributed by atoms with van der Waals surface area (Å²) in [6, 6.07) is 3.77. The van der Waals surface area contributed by atoms with E-state index in [1.54, 1.807) is 30.1 Å². The number of nitrogens with zero attached hydrogens (tertiary/aromatic N) is 1. The van der Waals surface area contributed by atoms with Gasteiger partial charge in [-0.1, -0.05) is 20.8 Å². The van der Waals surface area contributed by atoms with Crippen molar-refractivity contribution in [2.75, 3.05) is 0 Å². The molecule has 0 aromatic carbocycles. The van der Waals surface area contributed by atoms with Crippen LogP contribution >= 0.6 is 11.3 Å². The lowest BCUT2D eigenvalue weighted by Crippen LogP contribution is -2.68. The molecular weight excluding hydrogens is 284 g/mol. The van der Waals surface area contributed by atoms with E-state index in [-0.39, 0.29) is 17.7 Å². The maximum absolute atomic E-state index is 12.7. The van der Waals surface area contributed by atoms with Crippen molar-refractivity contribution in [2.24, 2.45) is 5.92 Å². The van der Waals surface area contributed by atoms with E-state index in [1.165, 1.54) is 4.88 Å². The Balaban J connectivity index is 2.30. The Morgan fingerprint density at radius 2 is 1.90 bits per heavy atom. The van der Waals surface area contributed by atoms with Gasteiger partial charge in [0.15, 0.2) is 0 Å². The van der Waals surface area contributed by atoms with Crippen molar-refractivity contribution in [1.29, 1.82) is 0 Å². The van der Waals surface area contributed by atoms with E-state index in [0.717, 1.165) is 11.3 Å². The number of carbonyl (C=O) groups excluding carboxylic acids is 2. The second kappa shape index (κ2) is 5.79. The Morgan fingerprint density at radius 1 is 1.29 bits per heavy atom. The molecule has 2 rings (SSSR count). The fraction of sp³-hybridized carbons (Fsp3) is 0.625. The molecule has 21 heavy (non-hydrogen) atoms. The molecule has 116 valence electrons. The molecule has 0 bridgehead atoms. The zero-order valence-corrected chi connectivity index (χ0v) is 14.2. The summed E-state index contributed by atoms with van der Waals surface area (Å²) in [5.41, 5.74) is -0.826. The number of nitrogens with one attached hydrogen (secondary N) is 1. The SMILES string of the molecule is CCc1ccc(CN2C(=O)C(C)(C)NC(=O)C2C(C)C)s1. The first-order chi connectivity index (χ1) is 9.76. The molecule has 0 aliphatic carbocycles. The maximum Gasteiger partial charge on any atom is 0.248 e. The largest absolute Gasteiger partial charge is 0.340 e. The van der Waals surface area contributed by atoms with Gasteiger partial charge in [-0.3, -0.25) is 9.59 Å². The lowest BCUT2D eigenvalue weighted by atomic mass is 9.91. The molecule has 1 atom stereocenters. The standard InChI is InChI=1S/C16H24N2O2S/c1-6-11-7-8-12(21-11)9-18-13(10(2)3)14(19)17-16(4,5)15(18)20/h7-8,10,13H,6,9H2,1-5H3,(H,17,19). The minimum Gasteiger partial charge on any atom is -0.340 e. The second-order valence-corrected chi connectivity index (χ2v) is 7.71. The number of carbonyl (C=O) groups is 2. The van der Waals surface area contributed by atoms with E-state index in [1.807, 2.05) is 13.8 Å². The molecule has 1 aromatic heterocycles. The second-order valence-electron chi connectivity index (χ2n) is 6.46. The topological polar surface area (TPSA) is 49.4 Å². The minimum absolute atomic E-state index is 0.00718. The molecule has 5 heteroatoms. The number of amides is 2. The minimum atomic E-state index is -0.826. The van der Waals surface area contributed by atoms with Gasteiger partial charge in [0.05, 0.1) is 6.54 Å². The Bertz CT molecular complexity index is 548. The Hall–Kier alpha value is -1.36. The van der Waals surface area contributed by atoms with Crippen LogP contribution in [0.4, 0.5) is 0 Å². The van der Waals surface area contributed by atoms with Crippen molar-refractivity contribution in [3.63, 3.8) is 0 Å². The quantitative estimate of drug-likeness (QED) is 0.929. The van der Waals surface area contributed by atoms with Crippen LogP contribution in [0.5, 0.6) is 0 Å². The van der Waals surface area contributed by atoms with E-state index in [2.05, 4.69) is 24.4 Å². The van der Waals surface area contributed by atoms with Crippen molar-refractivity contribution < 1.29 is 9.59 Å². The third-order valence-corrected chi connectivity index (χ3v) is 5.07. The van der Waals surface area contributed by atoms with Gasteiger partial charge in [0.2, 0.25) is 11.8 Å². The molecule has 1 saturated heterocycles. The maximum atomic E-state index is 12.7. The number of rotatable bonds is 4. The first-order valence-electron chi connectivity index (χ1n) is 7.47. The van der Waals surface area contributed by atoms with Crippen LogP contribution in [0.15, 0.2) is 12.1 Å². The van der Waals surface area contributed by atoms with Crippen LogP contribution in [-0.2, 0) is 22.6 Å². The van der Waals surface area contributed by atoms with E-state index in [0.29, 0.717) is 6.54 Å². The van der Waals surface area contributed by atoms with Crippen molar-refractivity contribution in [2.45, 2.75) is 59.2 Å². The van der Waals surface area contributed by atoms with Gasteiger partial charge >= 0.3 is 0 Å². The van der Waals surface area contributed by atoms with Crippen LogP contribution < -0.4 is 5.32 Å². The molecule has 2 amide bonds. The highest BCUT2D eigenvalue weighted by Gasteiger charge is 2.46. The third kappa shape index (κ3) is 3.12. The lowest BCUT2D eigenvalue weighted by Gasteiger charge is -2.44. The molecule has 1 aromatic rings. The molecule has 2 heterocycles. The van der Waals surface area contributed by atoms with E-state index in [4.69, 9.17) is 0 Å². The predicted octanol–water partition coefficient (Wildman–Crippen LogP) is 2.57. The highest BCUT2D eigenvalue weighted by molar-refractivity contribution is 7.11. The summed E-state index contributed by atoms with van der Waals surface area (Å²) in [7, 11) is 0. The molecule has 4 nitrogen and oxygen atoms in total. The monoisotopic (exact) mass is 308 g/mol. The summed E-state index contributed by atoms with van der Waals surface area (Å²) in [6.07, 6.45) is 0.998. The Kier molecular flexibility index (Phi) is 4.42. The van der Waals surface area contributed by atoms with Crippen LogP contribution in [0, 0.1) is 5.92 Å². The van der Waals surface area contributed by atoms with Crippen LogP contribution in [0.3, 0.4) is 0 Å². The summed E-state index contributed by atoms with van der Waals surface area (Å²) in [5.74, 6) is 0.0322. The van der Waals surface area contributed by atoms with Gasteiger partial charge in [0, 0.05) is 9.75 Å². The van der Waals surface area contributed by atoms with Gasteiger partial charge in [-0.2, -0.15) is 0 Å². The molecule has 1 aliphatic rings. The summed E-state index contributed by atoms with van der Waals surface area (Å²) in [5, 5.41) is 2.84. The van der Waals surface area contributed by atoms with Gasteiger partial charge in [-0.05, 0) is 38.3 Å².